The van der Waals surface area contributed by atoms with Gasteiger partial charge in [0.25, 0.3) is 0 Å². The fourth-order valence-electron chi connectivity index (χ4n) is 3.41. The van der Waals surface area contributed by atoms with E-state index >= 15 is 0 Å². The zero-order valence-corrected chi connectivity index (χ0v) is 26.7. The lowest BCUT2D eigenvalue weighted by molar-refractivity contribution is 0.274. The van der Waals surface area contributed by atoms with Gasteiger partial charge in [-0.15, -0.1) is 9.24 Å². The lowest BCUT2D eigenvalue weighted by atomic mass is 9.88. The number of hydrazine groups is 1. The maximum absolute atomic E-state index is 10.8. The SMILES string of the molecule is C=CN=C(N)C(/C(=C\C)c1cccc(NN(O)c2cc(Cl)cc(CO)c2Cl)c1P)=C(\C)C(C)C.CCC(C)C. The monoisotopic (exact) mass is 592 g/mol. The van der Waals surface area contributed by atoms with Gasteiger partial charge in [0.15, 0.2) is 0 Å². The number of hydrogen-bond acceptors (Lipinski definition) is 5. The zero-order valence-electron chi connectivity index (χ0n) is 24.0. The summed E-state index contributed by atoms with van der Waals surface area (Å²) in [6, 6.07) is 8.69. The van der Waals surface area contributed by atoms with Gasteiger partial charge in [0, 0.05) is 22.1 Å². The molecule has 1 unspecified atom stereocenters. The average molecular weight is 594 g/mol. The molecule has 0 heterocycles. The second-order valence-electron chi connectivity index (χ2n) is 9.66. The number of nitrogens with one attached hydrogen (secondary N) is 1. The topological polar surface area (TPSA) is 94.1 Å². The number of hydrogen-bond donors (Lipinski definition) is 4. The first-order chi connectivity index (χ1) is 18.3. The van der Waals surface area contributed by atoms with Crippen molar-refractivity contribution in [2.45, 2.75) is 61.5 Å². The Morgan fingerprint density at radius 2 is 1.85 bits per heavy atom. The maximum Gasteiger partial charge on any atom is 0.131 e. The summed E-state index contributed by atoms with van der Waals surface area (Å²) in [5.74, 6) is 1.51. The number of anilines is 2. The second kappa shape index (κ2) is 16.7. The summed E-state index contributed by atoms with van der Waals surface area (Å²) in [4.78, 5) is 4.24. The highest BCUT2D eigenvalue weighted by molar-refractivity contribution is 7.28. The van der Waals surface area contributed by atoms with Gasteiger partial charge in [-0.2, -0.15) is 5.17 Å². The summed E-state index contributed by atoms with van der Waals surface area (Å²) in [6.07, 6.45) is 4.71. The van der Waals surface area contributed by atoms with E-state index in [0.29, 0.717) is 22.1 Å². The number of aliphatic imine (C=N–C) groups is 1. The Kier molecular flexibility index (Phi) is 14.8. The van der Waals surface area contributed by atoms with E-state index in [9.17, 15) is 10.3 Å². The fraction of sp³-hybridized carbons (Fsp3) is 0.367. The van der Waals surface area contributed by atoms with Crippen LogP contribution in [0.3, 0.4) is 0 Å². The number of rotatable bonds is 10. The first kappa shape index (κ1) is 34.7. The van der Waals surface area contributed by atoms with Crippen LogP contribution in [0.5, 0.6) is 0 Å². The largest absolute Gasteiger partial charge is 0.392 e. The lowest BCUT2D eigenvalue weighted by Crippen LogP contribution is -2.29. The van der Waals surface area contributed by atoms with Gasteiger partial charge in [-0.05, 0) is 60.6 Å². The van der Waals surface area contributed by atoms with Gasteiger partial charge < -0.3 is 10.8 Å². The van der Waals surface area contributed by atoms with Crippen LogP contribution >= 0.6 is 32.4 Å². The molecule has 0 aliphatic rings. The molecular weight excluding hydrogens is 550 g/mol. The van der Waals surface area contributed by atoms with Crippen molar-refractivity contribution in [2.75, 3.05) is 10.6 Å². The first-order valence-electron chi connectivity index (χ1n) is 12.9. The Bertz CT molecular complexity index is 1220. The molecule has 0 fully saturated rings. The summed E-state index contributed by atoms with van der Waals surface area (Å²) < 4.78 is 0. The van der Waals surface area contributed by atoms with E-state index in [4.69, 9.17) is 28.9 Å². The van der Waals surface area contributed by atoms with Crippen molar-refractivity contribution in [3.05, 3.63) is 81.5 Å². The molecule has 0 aliphatic heterocycles. The molecule has 39 heavy (non-hydrogen) atoms. The molecule has 1 atom stereocenters. The minimum atomic E-state index is -0.312. The molecule has 6 nitrogen and oxygen atoms in total. The molecule has 214 valence electrons. The van der Waals surface area contributed by atoms with Gasteiger partial charge in [-0.1, -0.05) is 94.6 Å². The van der Waals surface area contributed by atoms with Crippen LogP contribution < -0.4 is 21.6 Å². The van der Waals surface area contributed by atoms with Crippen molar-refractivity contribution in [1.82, 2.24) is 0 Å². The summed E-state index contributed by atoms with van der Waals surface area (Å²) in [6.45, 7) is 18.2. The Labute approximate surface area is 246 Å². The van der Waals surface area contributed by atoms with Crippen molar-refractivity contribution in [3.8, 4) is 0 Å². The summed E-state index contributed by atoms with van der Waals surface area (Å²) in [5.41, 5.74) is 14.2. The molecular formula is C30H43Cl2N4O2P. The molecule has 0 aliphatic carbocycles. The molecule has 0 saturated heterocycles. The highest BCUT2D eigenvalue weighted by Gasteiger charge is 2.20. The highest BCUT2D eigenvalue weighted by atomic mass is 35.5. The van der Waals surface area contributed by atoms with Gasteiger partial charge in [0.05, 0.1) is 17.3 Å². The quantitative estimate of drug-likeness (QED) is 0.0734. The van der Waals surface area contributed by atoms with Crippen molar-refractivity contribution >= 4 is 60.5 Å². The van der Waals surface area contributed by atoms with Crippen molar-refractivity contribution in [1.29, 1.82) is 0 Å². The van der Waals surface area contributed by atoms with Crippen molar-refractivity contribution in [2.24, 2.45) is 22.6 Å². The van der Waals surface area contributed by atoms with Gasteiger partial charge in [0.1, 0.15) is 11.5 Å². The molecule has 5 N–H and O–H groups in total. The Morgan fingerprint density at radius 3 is 2.33 bits per heavy atom. The van der Waals surface area contributed by atoms with Crippen LogP contribution in [0.4, 0.5) is 11.4 Å². The van der Waals surface area contributed by atoms with E-state index < -0.39 is 0 Å². The third kappa shape index (κ3) is 9.66. The normalized spacial score (nSPS) is 12.7. The Hall–Kier alpha value is -2.34. The predicted octanol–water partition coefficient (Wildman–Crippen LogP) is 8.14. The number of allylic oxidation sites excluding steroid dienone is 2. The lowest BCUT2D eigenvalue weighted by Gasteiger charge is -2.24. The second-order valence-corrected chi connectivity index (χ2v) is 11.1. The van der Waals surface area contributed by atoms with Gasteiger partial charge in [-0.25, -0.2) is 4.99 Å². The predicted molar refractivity (Wildman–Crippen MR) is 174 cm³/mol. The first-order valence-corrected chi connectivity index (χ1v) is 14.2. The van der Waals surface area contributed by atoms with Gasteiger partial charge in [0.2, 0.25) is 0 Å². The van der Waals surface area contributed by atoms with Gasteiger partial charge in [-0.3, -0.25) is 10.6 Å². The molecule has 0 amide bonds. The fourth-order valence-corrected chi connectivity index (χ4v) is 4.31. The number of halogens is 2. The maximum atomic E-state index is 10.8. The minimum Gasteiger partial charge on any atom is -0.392 e. The van der Waals surface area contributed by atoms with Crippen LogP contribution in [0.2, 0.25) is 10.0 Å². The highest BCUT2D eigenvalue weighted by Crippen LogP contribution is 2.34. The van der Waals surface area contributed by atoms with E-state index in [2.05, 4.69) is 60.9 Å². The molecule has 2 rings (SSSR count). The molecule has 0 radical (unpaired) electrons. The standard InChI is InChI=1S/C25H31Cl2N4O2P.C5H12/c1-6-18(22(15(5)14(3)4)25(28)29-7-2)19-9-8-10-20(24(19)34)30-31(33)21-12-17(26)11-16(13-32)23(21)27;1-4-5(2)3/h6-12,14,30,32-33H,2,13,34H2,1,3-5H3,(H2,28,29);5H,4H2,1-3H3/b18-6-,22-15+;. The zero-order chi connectivity index (χ0) is 29.9. The molecule has 0 bridgehead atoms. The number of aliphatic hydroxyl groups is 1. The van der Waals surface area contributed by atoms with Crippen LogP contribution in [0.1, 0.15) is 66.0 Å². The number of aliphatic hydroxyl groups excluding tert-OH is 1. The summed E-state index contributed by atoms with van der Waals surface area (Å²) >= 11 is 12.5. The molecule has 0 aromatic heterocycles. The van der Waals surface area contributed by atoms with E-state index in [0.717, 1.165) is 38.7 Å². The molecule has 0 saturated carbocycles. The summed E-state index contributed by atoms with van der Waals surface area (Å²) in [5, 5.41) is 22.4. The van der Waals surface area contributed by atoms with Crippen LogP contribution in [-0.2, 0) is 6.61 Å². The average Bonchev–Trinajstić information content (AvgIpc) is 2.89. The van der Waals surface area contributed by atoms with Crippen molar-refractivity contribution < 1.29 is 10.3 Å². The van der Waals surface area contributed by atoms with E-state index in [1.165, 1.54) is 18.7 Å². The number of amidine groups is 1. The molecule has 9 heteroatoms. The molecule has 2 aromatic rings. The van der Waals surface area contributed by atoms with Crippen LogP contribution in [-0.4, -0.2) is 16.1 Å². The number of nitrogens with zero attached hydrogens (tertiary/aromatic N) is 2. The van der Waals surface area contributed by atoms with E-state index in [1.54, 1.807) is 6.07 Å². The van der Waals surface area contributed by atoms with Crippen LogP contribution in [0.25, 0.3) is 5.57 Å². The third-order valence-corrected chi connectivity index (χ3v) is 7.51. The smallest absolute Gasteiger partial charge is 0.131 e. The Morgan fingerprint density at radius 1 is 1.23 bits per heavy atom. The minimum absolute atomic E-state index is 0.184. The number of nitrogens with two attached hydrogens (primary N) is 1. The van der Waals surface area contributed by atoms with Gasteiger partial charge >= 0.3 is 0 Å². The number of benzene rings is 2. The molecule has 0 spiro atoms. The Balaban J connectivity index is 0.00000139. The van der Waals surface area contributed by atoms with E-state index in [-0.39, 0.29) is 23.2 Å². The van der Waals surface area contributed by atoms with Crippen LogP contribution in [0, 0.1) is 11.8 Å². The summed E-state index contributed by atoms with van der Waals surface area (Å²) in [7, 11) is 2.71. The van der Waals surface area contributed by atoms with Crippen LogP contribution in [0.15, 0.2) is 65.3 Å². The molecule has 2 aromatic carbocycles. The van der Waals surface area contributed by atoms with Crippen molar-refractivity contribution in [3.63, 3.8) is 0 Å². The third-order valence-electron chi connectivity index (χ3n) is 6.24. The van der Waals surface area contributed by atoms with E-state index in [1.807, 2.05) is 38.1 Å².